The summed E-state index contributed by atoms with van der Waals surface area (Å²) in [5.41, 5.74) is 8.19. The lowest BCUT2D eigenvalue weighted by atomic mass is 9.94. The van der Waals surface area contributed by atoms with Crippen LogP contribution in [0.1, 0.15) is 57.7 Å². The number of aryl methyl sites for hydroxylation is 1. The molecular formula is C17H28N2O. The number of nitrogens with two attached hydrogens (primary N) is 1. The molecule has 1 aromatic rings. The van der Waals surface area contributed by atoms with Crippen molar-refractivity contribution in [2.24, 2.45) is 11.7 Å². The van der Waals surface area contributed by atoms with E-state index in [-0.39, 0.29) is 18.0 Å². The Labute approximate surface area is 122 Å². The molecule has 1 amide bonds. The molecule has 3 N–H and O–H groups in total. The fourth-order valence-electron chi connectivity index (χ4n) is 2.34. The highest BCUT2D eigenvalue weighted by atomic mass is 16.1. The summed E-state index contributed by atoms with van der Waals surface area (Å²) in [6.07, 6.45) is 2.62. The van der Waals surface area contributed by atoms with Crippen LogP contribution in [0.15, 0.2) is 24.3 Å². The van der Waals surface area contributed by atoms with E-state index in [1.807, 2.05) is 6.92 Å². The van der Waals surface area contributed by atoms with Crippen LogP contribution in [-0.4, -0.2) is 11.9 Å². The smallest absolute Gasteiger partial charge is 0.222 e. The molecule has 3 nitrogen and oxygen atoms in total. The topological polar surface area (TPSA) is 55.1 Å². The second-order valence-corrected chi connectivity index (χ2v) is 5.96. The highest BCUT2D eigenvalue weighted by Gasteiger charge is 2.18. The van der Waals surface area contributed by atoms with Crippen molar-refractivity contribution in [3.8, 4) is 0 Å². The summed E-state index contributed by atoms with van der Waals surface area (Å²) in [5, 5.41) is 3.10. The van der Waals surface area contributed by atoms with Gasteiger partial charge in [0.2, 0.25) is 5.91 Å². The molecule has 0 aliphatic carbocycles. The number of amides is 1. The first-order valence-electron chi connectivity index (χ1n) is 7.57. The van der Waals surface area contributed by atoms with Crippen LogP contribution in [0, 0.1) is 5.92 Å². The van der Waals surface area contributed by atoms with Crippen molar-refractivity contribution < 1.29 is 4.79 Å². The quantitative estimate of drug-likeness (QED) is 0.803. The van der Waals surface area contributed by atoms with E-state index in [2.05, 4.69) is 50.4 Å². The Morgan fingerprint density at radius 2 is 1.80 bits per heavy atom. The summed E-state index contributed by atoms with van der Waals surface area (Å²) < 4.78 is 0. The molecule has 0 spiro atoms. The molecule has 0 saturated heterocycles. The molecule has 0 aliphatic rings. The highest BCUT2D eigenvalue weighted by molar-refractivity contribution is 5.77. The van der Waals surface area contributed by atoms with E-state index in [1.54, 1.807) is 0 Å². The largest absolute Gasteiger partial charge is 0.349 e. The summed E-state index contributed by atoms with van der Waals surface area (Å²) in [7, 11) is 0. The van der Waals surface area contributed by atoms with Gasteiger partial charge in [-0.2, -0.15) is 0 Å². The van der Waals surface area contributed by atoms with E-state index in [1.165, 1.54) is 5.56 Å². The minimum atomic E-state index is -0.102. The van der Waals surface area contributed by atoms with Crippen LogP contribution >= 0.6 is 0 Å². The van der Waals surface area contributed by atoms with Crippen molar-refractivity contribution in [2.75, 3.05) is 0 Å². The van der Waals surface area contributed by atoms with Crippen molar-refractivity contribution in [3.05, 3.63) is 35.4 Å². The van der Waals surface area contributed by atoms with Gasteiger partial charge in [-0.15, -0.1) is 0 Å². The SMILES string of the molecule is CCCc1ccc(C(NC(=O)CC(C)N)C(C)C)cc1. The molecule has 0 fully saturated rings. The lowest BCUT2D eigenvalue weighted by Crippen LogP contribution is -2.35. The van der Waals surface area contributed by atoms with E-state index < -0.39 is 0 Å². The van der Waals surface area contributed by atoms with Gasteiger partial charge >= 0.3 is 0 Å². The number of hydrogen-bond donors (Lipinski definition) is 2. The number of nitrogens with one attached hydrogen (secondary N) is 1. The average molecular weight is 276 g/mol. The van der Waals surface area contributed by atoms with Gasteiger partial charge in [0.1, 0.15) is 0 Å². The van der Waals surface area contributed by atoms with E-state index in [0.29, 0.717) is 12.3 Å². The van der Waals surface area contributed by atoms with Crippen molar-refractivity contribution in [2.45, 2.75) is 59.0 Å². The molecule has 112 valence electrons. The fourth-order valence-corrected chi connectivity index (χ4v) is 2.34. The van der Waals surface area contributed by atoms with Gasteiger partial charge in [0.05, 0.1) is 6.04 Å². The minimum absolute atomic E-state index is 0.0244. The van der Waals surface area contributed by atoms with Crippen LogP contribution in [0.5, 0.6) is 0 Å². The van der Waals surface area contributed by atoms with E-state index in [0.717, 1.165) is 18.4 Å². The first kappa shape index (κ1) is 16.7. The molecule has 0 saturated carbocycles. The Morgan fingerprint density at radius 1 is 1.20 bits per heavy atom. The van der Waals surface area contributed by atoms with Crippen LogP contribution in [-0.2, 0) is 11.2 Å². The van der Waals surface area contributed by atoms with Crippen molar-refractivity contribution in [3.63, 3.8) is 0 Å². The molecule has 2 unspecified atom stereocenters. The third-order valence-corrected chi connectivity index (χ3v) is 3.37. The maximum Gasteiger partial charge on any atom is 0.222 e. The number of carbonyl (C=O) groups excluding carboxylic acids is 1. The average Bonchev–Trinajstić information content (AvgIpc) is 2.36. The summed E-state index contributed by atoms with van der Waals surface area (Å²) in [6, 6.07) is 8.52. The highest BCUT2D eigenvalue weighted by Crippen LogP contribution is 2.22. The zero-order chi connectivity index (χ0) is 15.1. The Hall–Kier alpha value is -1.35. The Morgan fingerprint density at radius 3 is 2.25 bits per heavy atom. The molecule has 2 atom stereocenters. The minimum Gasteiger partial charge on any atom is -0.349 e. The Balaban J connectivity index is 2.77. The van der Waals surface area contributed by atoms with Gasteiger partial charge < -0.3 is 11.1 Å². The number of benzene rings is 1. The van der Waals surface area contributed by atoms with Crippen molar-refractivity contribution in [1.82, 2.24) is 5.32 Å². The van der Waals surface area contributed by atoms with Gasteiger partial charge in [-0.1, -0.05) is 51.5 Å². The van der Waals surface area contributed by atoms with Crippen LogP contribution in [0.3, 0.4) is 0 Å². The molecule has 1 aromatic carbocycles. The van der Waals surface area contributed by atoms with Crippen molar-refractivity contribution >= 4 is 5.91 Å². The molecule has 0 bridgehead atoms. The van der Waals surface area contributed by atoms with Crippen LogP contribution in [0.4, 0.5) is 0 Å². The maximum atomic E-state index is 11.9. The summed E-state index contributed by atoms with van der Waals surface area (Å²) in [6.45, 7) is 8.27. The second kappa shape index (κ2) is 8.05. The van der Waals surface area contributed by atoms with E-state index in [9.17, 15) is 4.79 Å². The monoisotopic (exact) mass is 276 g/mol. The predicted octanol–water partition coefficient (Wildman–Crippen LogP) is 3.19. The molecule has 0 aliphatic heterocycles. The third-order valence-electron chi connectivity index (χ3n) is 3.37. The summed E-state index contributed by atoms with van der Waals surface area (Å²) in [5.74, 6) is 0.375. The number of carbonyl (C=O) groups is 1. The lowest BCUT2D eigenvalue weighted by Gasteiger charge is -2.23. The van der Waals surface area contributed by atoms with Gasteiger partial charge in [-0.3, -0.25) is 4.79 Å². The fraction of sp³-hybridized carbons (Fsp3) is 0.588. The molecule has 0 aromatic heterocycles. The molecule has 0 radical (unpaired) electrons. The predicted molar refractivity (Wildman–Crippen MR) is 84.4 cm³/mol. The summed E-state index contributed by atoms with van der Waals surface area (Å²) in [4.78, 5) is 11.9. The van der Waals surface area contributed by atoms with Crippen LogP contribution in [0.25, 0.3) is 0 Å². The van der Waals surface area contributed by atoms with Gasteiger partial charge in [-0.25, -0.2) is 0 Å². The van der Waals surface area contributed by atoms with E-state index >= 15 is 0 Å². The third kappa shape index (κ3) is 5.33. The first-order chi connectivity index (χ1) is 9.43. The van der Waals surface area contributed by atoms with E-state index in [4.69, 9.17) is 5.73 Å². The van der Waals surface area contributed by atoms with Gasteiger partial charge in [0.25, 0.3) is 0 Å². The Bertz CT molecular complexity index is 410. The zero-order valence-corrected chi connectivity index (χ0v) is 13.1. The Kier molecular flexibility index (Phi) is 6.73. The van der Waals surface area contributed by atoms with Crippen molar-refractivity contribution in [1.29, 1.82) is 0 Å². The summed E-state index contributed by atoms with van der Waals surface area (Å²) >= 11 is 0. The molecule has 20 heavy (non-hydrogen) atoms. The van der Waals surface area contributed by atoms with Gasteiger partial charge in [0.15, 0.2) is 0 Å². The molecule has 3 heteroatoms. The lowest BCUT2D eigenvalue weighted by molar-refractivity contribution is -0.122. The van der Waals surface area contributed by atoms with Gasteiger partial charge in [0, 0.05) is 12.5 Å². The second-order valence-electron chi connectivity index (χ2n) is 5.96. The zero-order valence-electron chi connectivity index (χ0n) is 13.1. The van der Waals surface area contributed by atoms with Crippen LogP contribution in [0.2, 0.25) is 0 Å². The molecular weight excluding hydrogens is 248 g/mol. The van der Waals surface area contributed by atoms with Gasteiger partial charge in [-0.05, 0) is 30.4 Å². The standard InChI is InChI=1S/C17H28N2O/c1-5-6-14-7-9-15(10-8-14)17(12(2)3)19-16(20)11-13(4)18/h7-10,12-13,17H,5-6,11,18H2,1-4H3,(H,19,20). The number of hydrogen-bond acceptors (Lipinski definition) is 2. The normalized spacial score (nSPS) is 14.1. The maximum absolute atomic E-state index is 11.9. The molecule has 0 heterocycles. The first-order valence-corrected chi connectivity index (χ1v) is 7.57. The number of rotatable bonds is 7. The molecule has 1 rings (SSSR count). The van der Waals surface area contributed by atoms with Crippen LogP contribution < -0.4 is 11.1 Å².